The van der Waals surface area contributed by atoms with Crippen molar-refractivity contribution in [1.82, 2.24) is 9.88 Å². The number of amides is 1. The molecule has 0 saturated heterocycles. The van der Waals surface area contributed by atoms with Crippen LogP contribution in [-0.4, -0.2) is 28.9 Å². The standard InChI is InChI=1S/C14H13N3O/c1-10(9-15)17(2)14(18)12-7-3-5-11-6-4-8-16-13(11)12/h3-8,10H,1-2H3. The second-order valence-electron chi connectivity index (χ2n) is 4.10. The Bertz CT molecular complexity index is 625. The summed E-state index contributed by atoms with van der Waals surface area (Å²) < 4.78 is 0. The molecule has 1 amide bonds. The Hall–Kier alpha value is -2.41. The SMILES string of the molecule is CC(C#N)N(C)C(=O)c1cccc2cccnc12. The third-order valence-corrected chi connectivity index (χ3v) is 2.95. The summed E-state index contributed by atoms with van der Waals surface area (Å²) in [5.74, 6) is -0.187. The van der Waals surface area contributed by atoms with Crippen molar-refractivity contribution in [3.63, 3.8) is 0 Å². The highest BCUT2D eigenvalue weighted by Gasteiger charge is 2.19. The van der Waals surface area contributed by atoms with Crippen LogP contribution in [0.4, 0.5) is 0 Å². The Labute approximate surface area is 105 Å². The molecule has 0 saturated carbocycles. The van der Waals surface area contributed by atoms with E-state index in [9.17, 15) is 4.79 Å². The van der Waals surface area contributed by atoms with Crippen LogP contribution in [-0.2, 0) is 0 Å². The second-order valence-corrected chi connectivity index (χ2v) is 4.10. The molecule has 0 radical (unpaired) electrons. The average Bonchev–Trinajstić information content (AvgIpc) is 2.44. The van der Waals surface area contributed by atoms with E-state index in [0.29, 0.717) is 11.1 Å². The maximum Gasteiger partial charge on any atom is 0.256 e. The molecule has 0 bridgehead atoms. The number of pyridine rings is 1. The van der Waals surface area contributed by atoms with Crippen molar-refractivity contribution < 1.29 is 4.79 Å². The van der Waals surface area contributed by atoms with Crippen molar-refractivity contribution in [3.05, 3.63) is 42.1 Å². The average molecular weight is 239 g/mol. The number of para-hydroxylation sites is 1. The predicted octanol–water partition coefficient (Wildman–Crippen LogP) is 2.22. The Balaban J connectivity index is 2.49. The van der Waals surface area contributed by atoms with Crippen LogP contribution in [0.5, 0.6) is 0 Å². The smallest absolute Gasteiger partial charge is 0.256 e. The van der Waals surface area contributed by atoms with Crippen molar-refractivity contribution in [2.45, 2.75) is 13.0 Å². The van der Waals surface area contributed by atoms with Crippen LogP contribution in [0.15, 0.2) is 36.5 Å². The van der Waals surface area contributed by atoms with Crippen molar-refractivity contribution in [1.29, 1.82) is 5.26 Å². The highest BCUT2D eigenvalue weighted by molar-refractivity contribution is 6.05. The molecule has 0 fully saturated rings. The number of aromatic nitrogens is 1. The van der Waals surface area contributed by atoms with Gasteiger partial charge in [-0.15, -0.1) is 0 Å². The van der Waals surface area contributed by atoms with Crippen molar-refractivity contribution in [2.24, 2.45) is 0 Å². The van der Waals surface area contributed by atoms with E-state index >= 15 is 0 Å². The number of hydrogen-bond donors (Lipinski definition) is 0. The van der Waals surface area contributed by atoms with Gasteiger partial charge in [-0.2, -0.15) is 5.26 Å². The molecule has 2 aromatic rings. The van der Waals surface area contributed by atoms with E-state index in [1.54, 1.807) is 26.2 Å². The summed E-state index contributed by atoms with van der Waals surface area (Å²) in [5.41, 5.74) is 1.19. The van der Waals surface area contributed by atoms with Crippen LogP contribution in [0.2, 0.25) is 0 Å². The minimum Gasteiger partial charge on any atom is -0.326 e. The van der Waals surface area contributed by atoms with Gasteiger partial charge in [0.2, 0.25) is 0 Å². The zero-order valence-electron chi connectivity index (χ0n) is 10.3. The Kier molecular flexibility index (Phi) is 3.24. The Morgan fingerprint density at radius 2 is 2.11 bits per heavy atom. The lowest BCUT2D eigenvalue weighted by Gasteiger charge is -2.19. The number of carbonyl (C=O) groups excluding carboxylic acids is 1. The minimum absolute atomic E-state index is 0.187. The number of nitriles is 1. The van der Waals surface area contributed by atoms with Gasteiger partial charge in [-0.25, -0.2) is 0 Å². The Morgan fingerprint density at radius 1 is 1.39 bits per heavy atom. The van der Waals surface area contributed by atoms with Gasteiger partial charge in [-0.1, -0.05) is 18.2 Å². The lowest BCUT2D eigenvalue weighted by Crippen LogP contribution is -2.34. The normalized spacial score (nSPS) is 11.8. The molecule has 1 unspecified atom stereocenters. The van der Waals surface area contributed by atoms with E-state index in [4.69, 9.17) is 5.26 Å². The zero-order chi connectivity index (χ0) is 13.1. The van der Waals surface area contributed by atoms with E-state index in [0.717, 1.165) is 5.39 Å². The van der Waals surface area contributed by atoms with E-state index in [2.05, 4.69) is 4.98 Å². The van der Waals surface area contributed by atoms with Crippen molar-refractivity contribution in [3.8, 4) is 6.07 Å². The lowest BCUT2D eigenvalue weighted by atomic mass is 10.1. The molecule has 1 aromatic carbocycles. The largest absolute Gasteiger partial charge is 0.326 e. The molecule has 4 heteroatoms. The molecule has 1 heterocycles. The number of hydrogen-bond acceptors (Lipinski definition) is 3. The summed E-state index contributed by atoms with van der Waals surface area (Å²) in [6, 6.07) is 10.8. The number of carbonyl (C=O) groups is 1. The molecular weight excluding hydrogens is 226 g/mol. The van der Waals surface area contributed by atoms with Crippen LogP contribution in [0.3, 0.4) is 0 Å². The molecule has 0 aliphatic rings. The quantitative estimate of drug-likeness (QED) is 0.807. The van der Waals surface area contributed by atoms with Gasteiger partial charge in [0.05, 0.1) is 17.1 Å². The van der Waals surface area contributed by atoms with E-state index in [1.165, 1.54) is 4.90 Å². The third-order valence-electron chi connectivity index (χ3n) is 2.95. The van der Waals surface area contributed by atoms with Crippen LogP contribution < -0.4 is 0 Å². The molecule has 0 spiro atoms. The summed E-state index contributed by atoms with van der Waals surface area (Å²) >= 11 is 0. The van der Waals surface area contributed by atoms with Crippen LogP contribution in [0.1, 0.15) is 17.3 Å². The van der Waals surface area contributed by atoms with Crippen molar-refractivity contribution in [2.75, 3.05) is 7.05 Å². The van der Waals surface area contributed by atoms with Gasteiger partial charge >= 0.3 is 0 Å². The van der Waals surface area contributed by atoms with Gasteiger partial charge in [0.15, 0.2) is 0 Å². The molecule has 18 heavy (non-hydrogen) atoms. The Morgan fingerprint density at radius 3 is 2.83 bits per heavy atom. The fourth-order valence-electron chi connectivity index (χ4n) is 1.73. The molecule has 0 aliphatic carbocycles. The molecule has 4 nitrogen and oxygen atoms in total. The van der Waals surface area contributed by atoms with Gasteiger partial charge < -0.3 is 4.90 Å². The first-order valence-corrected chi connectivity index (χ1v) is 5.65. The number of rotatable bonds is 2. The van der Waals surface area contributed by atoms with E-state index in [-0.39, 0.29) is 5.91 Å². The molecule has 2 rings (SSSR count). The van der Waals surface area contributed by atoms with E-state index < -0.39 is 6.04 Å². The van der Waals surface area contributed by atoms with Crippen molar-refractivity contribution >= 4 is 16.8 Å². The first-order valence-electron chi connectivity index (χ1n) is 5.65. The van der Waals surface area contributed by atoms with Gasteiger partial charge in [0.25, 0.3) is 5.91 Å². The molecule has 1 aromatic heterocycles. The lowest BCUT2D eigenvalue weighted by molar-refractivity contribution is 0.0775. The van der Waals surface area contributed by atoms with Gasteiger partial charge in [-0.05, 0) is 19.1 Å². The summed E-state index contributed by atoms with van der Waals surface area (Å²) in [5, 5.41) is 9.77. The van der Waals surface area contributed by atoms with Gasteiger partial charge in [0, 0.05) is 18.6 Å². The van der Waals surface area contributed by atoms with Gasteiger partial charge in [-0.3, -0.25) is 9.78 Å². The highest BCUT2D eigenvalue weighted by atomic mass is 16.2. The minimum atomic E-state index is -0.462. The molecular formula is C14H13N3O. The van der Waals surface area contributed by atoms with Gasteiger partial charge in [0.1, 0.15) is 6.04 Å². The van der Waals surface area contributed by atoms with Crippen LogP contribution in [0, 0.1) is 11.3 Å². The fourth-order valence-corrected chi connectivity index (χ4v) is 1.73. The molecule has 90 valence electrons. The first-order chi connectivity index (χ1) is 8.65. The maximum atomic E-state index is 12.3. The molecule has 1 atom stereocenters. The number of nitrogens with zero attached hydrogens (tertiary/aromatic N) is 3. The van der Waals surface area contributed by atoms with Crippen LogP contribution in [0.25, 0.3) is 10.9 Å². The monoisotopic (exact) mass is 239 g/mol. The maximum absolute atomic E-state index is 12.3. The topological polar surface area (TPSA) is 57.0 Å². The fraction of sp³-hybridized carbons (Fsp3) is 0.214. The second kappa shape index (κ2) is 4.84. The van der Waals surface area contributed by atoms with Crippen LogP contribution >= 0.6 is 0 Å². The zero-order valence-corrected chi connectivity index (χ0v) is 10.3. The highest BCUT2D eigenvalue weighted by Crippen LogP contribution is 2.17. The molecule has 0 N–H and O–H groups in total. The number of fused-ring (bicyclic) bond motifs is 1. The molecule has 0 aliphatic heterocycles. The number of benzene rings is 1. The predicted molar refractivity (Wildman–Crippen MR) is 68.9 cm³/mol. The summed E-state index contributed by atoms with van der Waals surface area (Å²) in [7, 11) is 1.62. The first kappa shape index (κ1) is 12.1. The third kappa shape index (κ3) is 2.03. The summed E-state index contributed by atoms with van der Waals surface area (Å²) in [6.07, 6.45) is 1.66. The summed E-state index contributed by atoms with van der Waals surface area (Å²) in [4.78, 5) is 18.0. The van der Waals surface area contributed by atoms with E-state index in [1.807, 2.05) is 30.3 Å². The summed E-state index contributed by atoms with van der Waals surface area (Å²) in [6.45, 7) is 1.69.